The van der Waals surface area contributed by atoms with E-state index in [1.54, 1.807) is 7.11 Å². The first-order chi connectivity index (χ1) is 9.82. The van der Waals surface area contributed by atoms with Crippen LogP contribution in [0, 0.1) is 11.7 Å². The third-order valence-electron chi connectivity index (χ3n) is 3.49. The quantitative estimate of drug-likeness (QED) is 0.804. The highest BCUT2D eigenvalue weighted by Crippen LogP contribution is 2.32. The number of ether oxygens (including phenoxy) is 1. The molecule has 7 heteroatoms. The number of amides is 1. The third-order valence-corrected chi connectivity index (χ3v) is 3.49. The van der Waals surface area contributed by atoms with E-state index < -0.39 is 23.5 Å². The van der Waals surface area contributed by atoms with E-state index in [1.807, 2.05) is 0 Å². The van der Waals surface area contributed by atoms with Crippen LogP contribution in [0.2, 0.25) is 0 Å². The largest absolute Gasteiger partial charge is 0.419 e. The molecule has 3 nitrogen and oxygen atoms in total. The number of benzene rings is 1. The maximum Gasteiger partial charge on any atom is 0.419 e. The second kappa shape index (κ2) is 6.01. The molecule has 1 heterocycles. The minimum Gasteiger partial charge on any atom is -0.384 e. The number of alkyl halides is 3. The Morgan fingerprint density at radius 3 is 2.76 bits per heavy atom. The van der Waals surface area contributed by atoms with Crippen LogP contribution in [0.15, 0.2) is 18.2 Å². The molecule has 116 valence electrons. The second-order valence-electron chi connectivity index (χ2n) is 5.05. The summed E-state index contributed by atoms with van der Waals surface area (Å²) >= 11 is 0. The van der Waals surface area contributed by atoms with Crippen molar-refractivity contribution in [2.75, 3.05) is 26.8 Å². The summed E-state index contributed by atoms with van der Waals surface area (Å²) in [7, 11) is 1.56. The van der Waals surface area contributed by atoms with Crippen LogP contribution in [0.3, 0.4) is 0 Å². The van der Waals surface area contributed by atoms with Crippen LogP contribution >= 0.6 is 0 Å². The Balaban J connectivity index is 2.17. The van der Waals surface area contributed by atoms with Gasteiger partial charge >= 0.3 is 6.18 Å². The molecule has 0 radical (unpaired) electrons. The van der Waals surface area contributed by atoms with Crippen molar-refractivity contribution in [2.24, 2.45) is 5.92 Å². The number of halogens is 4. The van der Waals surface area contributed by atoms with Crippen LogP contribution in [0.4, 0.5) is 17.6 Å². The highest BCUT2D eigenvalue weighted by Gasteiger charge is 2.35. The Morgan fingerprint density at radius 1 is 1.43 bits per heavy atom. The molecule has 0 bridgehead atoms. The maximum absolute atomic E-state index is 13.2. The Bertz CT molecular complexity index is 530. The molecule has 1 atom stereocenters. The monoisotopic (exact) mass is 305 g/mol. The van der Waals surface area contributed by atoms with Crippen LogP contribution < -0.4 is 0 Å². The van der Waals surface area contributed by atoms with Gasteiger partial charge in [0.15, 0.2) is 0 Å². The molecule has 1 fully saturated rings. The second-order valence-corrected chi connectivity index (χ2v) is 5.05. The number of methoxy groups -OCH3 is 1. The van der Waals surface area contributed by atoms with E-state index in [4.69, 9.17) is 4.74 Å². The zero-order chi connectivity index (χ0) is 15.6. The van der Waals surface area contributed by atoms with Gasteiger partial charge in [0.05, 0.1) is 12.2 Å². The summed E-state index contributed by atoms with van der Waals surface area (Å²) in [6, 6.07) is 2.33. The number of rotatable bonds is 3. The van der Waals surface area contributed by atoms with Crippen molar-refractivity contribution in [3.8, 4) is 0 Å². The van der Waals surface area contributed by atoms with Gasteiger partial charge in [0.2, 0.25) is 0 Å². The van der Waals surface area contributed by atoms with E-state index in [-0.39, 0.29) is 11.5 Å². The first kappa shape index (κ1) is 15.8. The first-order valence-electron chi connectivity index (χ1n) is 6.48. The summed E-state index contributed by atoms with van der Waals surface area (Å²) in [5.41, 5.74) is -1.57. The first-order valence-corrected chi connectivity index (χ1v) is 6.48. The van der Waals surface area contributed by atoms with Gasteiger partial charge in [0.1, 0.15) is 5.82 Å². The fourth-order valence-electron chi connectivity index (χ4n) is 2.45. The molecule has 1 aliphatic heterocycles. The molecule has 1 aromatic carbocycles. The summed E-state index contributed by atoms with van der Waals surface area (Å²) in [5.74, 6) is -1.71. The third kappa shape index (κ3) is 3.53. The van der Waals surface area contributed by atoms with Crippen molar-refractivity contribution >= 4 is 5.91 Å². The zero-order valence-electron chi connectivity index (χ0n) is 11.4. The Kier molecular flexibility index (Phi) is 4.51. The summed E-state index contributed by atoms with van der Waals surface area (Å²) < 4.78 is 56.2. The predicted octanol–water partition coefficient (Wildman–Crippen LogP) is 2.95. The van der Waals surface area contributed by atoms with Crippen LogP contribution in [-0.2, 0) is 10.9 Å². The van der Waals surface area contributed by atoms with E-state index >= 15 is 0 Å². The van der Waals surface area contributed by atoms with Gasteiger partial charge in [0.25, 0.3) is 5.91 Å². The van der Waals surface area contributed by atoms with Crippen LogP contribution in [-0.4, -0.2) is 37.6 Å². The molecule has 0 spiro atoms. The minimum atomic E-state index is -4.82. The minimum absolute atomic E-state index is 0.151. The standard InChI is InChI=1S/C14H15F4NO2/c1-21-8-9-4-5-19(7-9)13(20)10-2-3-12(15)11(6-10)14(16,17)18/h2-3,6,9H,4-5,7-8H2,1H3. The van der Waals surface area contributed by atoms with Gasteiger partial charge in [-0.2, -0.15) is 13.2 Å². The molecule has 1 aliphatic rings. The van der Waals surface area contributed by atoms with Gasteiger partial charge in [-0.15, -0.1) is 0 Å². The van der Waals surface area contributed by atoms with Crippen LogP contribution in [0.1, 0.15) is 22.3 Å². The lowest BCUT2D eigenvalue weighted by atomic mass is 10.1. The molecule has 21 heavy (non-hydrogen) atoms. The fourth-order valence-corrected chi connectivity index (χ4v) is 2.45. The molecule has 0 aliphatic carbocycles. The van der Waals surface area contributed by atoms with Gasteiger partial charge in [-0.1, -0.05) is 0 Å². The molecule has 0 aromatic heterocycles. The Morgan fingerprint density at radius 2 is 2.14 bits per heavy atom. The van der Waals surface area contributed by atoms with E-state index in [0.717, 1.165) is 12.5 Å². The maximum atomic E-state index is 13.2. The van der Waals surface area contributed by atoms with Gasteiger partial charge in [-0.3, -0.25) is 4.79 Å². The smallest absolute Gasteiger partial charge is 0.384 e. The number of hydrogen-bond acceptors (Lipinski definition) is 2. The lowest BCUT2D eigenvalue weighted by Gasteiger charge is -2.17. The molecule has 1 aromatic rings. The van der Waals surface area contributed by atoms with Crippen molar-refractivity contribution in [3.63, 3.8) is 0 Å². The van der Waals surface area contributed by atoms with Crippen LogP contribution in [0.5, 0.6) is 0 Å². The van der Waals surface area contributed by atoms with Gasteiger partial charge in [-0.05, 0) is 24.6 Å². The van der Waals surface area contributed by atoms with Crippen molar-refractivity contribution < 1.29 is 27.1 Å². The van der Waals surface area contributed by atoms with E-state index in [0.29, 0.717) is 31.8 Å². The average Bonchev–Trinajstić information content (AvgIpc) is 2.86. The number of carbonyl (C=O) groups is 1. The summed E-state index contributed by atoms with van der Waals surface area (Å²) in [6.07, 6.45) is -4.07. The molecule has 0 N–H and O–H groups in total. The van der Waals surface area contributed by atoms with Gasteiger partial charge < -0.3 is 9.64 Å². The average molecular weight is 305 g/mol. The van der Waals surface area contributed by atoms with Crippen molar-refractivity contribution in [2.45, 2.75) is 12.6 Å². The normalized spacial score (nSPS) is 19.1. The highest BCUT2D eigenvalue weighted by molar-refractivity contribution is 5.94. The Labute approximate surface area is 119 Å². The molecule has 0 saturated carbocycles. The van der Waals surface area contributed by atoms with Crippen molar-refractivity contribution in [3.05, 3.63) is 35.1 Å². The molecule has 1 saturated heterocycles. The lowest BCUT2D eigenvalue weighted by molar-refractivity contribution is -0.140. The summed E-state index contributed by atoms with van der Waals surface area (Å²) in [5, 5.41) is 0. The number of likely N-dealkylation sites (tertiary alicyclic amines) is 1. The number of hydrogen-bond donors (Lipinski definition) is 0. The Hall–Kier alpha value is -1.63. The molecular weight excluding hydrogens is 290 g/mol. The molecule has 1 unspecified atom stereocenters. The number of carbonyl (C=O) groups excluding carboxylic acids is 1. The summed E-state index contributed by atoms with van der Waals surface area (Å²) in [4.78, 5) is 13.7. The SMILES string of the molecule is COCC1CCN(C(=O)c2ccc(F)c(C(F)(F)F)c2)C1. The van der Waals surface area contributed by atoms with Gasteiger partial charge in [-0.25, -0.2) is 4.39 Å². The van der Waals surface area contributed by atoms with E-state index in [1.165, 1.54) is 4.90 Å². The van der Waals surface area contributed by atoms with Crippen molar-refractivity contribution in [1.29, 1.82) is 0 Å². The fraction of sp³-hybridized carbons (Fsp3) is 0.500. The molecule has 2 rings (SSSR count). The van der Waals surface area contributed by atoms with Crippen LogP contribution in [0.25, 0.3) is 0 Å². The van der Waals surface area contributed by atoms with E-state index in [9.17, 15) is 22.4 Å². The lowest BCUT2D eigenvalue weighted by Crippen LogP contribution is -2.29. The molecular formula is C14H15F4NO2. The topological polar surface area (TPSA) is 29.5 Å². The van der Waals surface area contributed by atoms with Gasteiger partial charge in [0, 0.05) is 31.7 Å². The molecule has 1 amide bonds. The van der Waals surface area contributed by atoms with Crippen molar-refractivity contribution in [1.82, 2.24) is 4.90 Å². The number of nitrogens with zero attached hydrogens (tertiary/aromatic N) is 1. The zero-order valence-corrected chi connectivity index (χ0v) is 11.4. The van der Waals surface area contributed by atoms with E-state index in [2.05, 4.69) is 0 Å². The summed E-state index contributed by atoms with van der Waals surface area (Å²) in [6.45, 7) is 1.40. The highest BCUT2D eigenvalue weighted by atomic mass is 19.4. The predicted molar refractivity (Wildman–Crippen MR) is 67.3 cm³/mol.